The number of carbonyl (C=O) groups is 1. The molecule has 5 heteroatoms. The Kier molecular flexibility index (Phi) is 3.49. The number of ether oxygens (including phenoxy) is 1. The van der Waals surface area contributed by atoms with Crippen LogP contribution >= 0.6 is 11.6 Å². The van der Waals surface area contributed by atoms with Gasteiger partial charge in [0.1, 0.15) is 5.15 Å². The number of rotatable bonds is 2. The van der Waals surface area contributed by atoms with Crippen LogP contribution in [-0.4, -0.2) is 28.1 Å². The number of carbonyl (C=O) groups excluding carboxylic acids is 1. The van der Waals surface area contributed by atoms with E-state index in [9.17, 15) is 4.79 Å². The van der Waals surface area contributed by atoms with Crippen LogP contribution in [-0.2, 0) is 4.74 Å². The number of halogens is 1. The summed E-state index contributed by atoms with van der Waals surface area (Å²) >= 11 is 5.82. The lowest BCUT2D eigenvalue weighted by molar-refractivity contribution is 0.116. The molecule has 3 heterocycles. The van der Waals surface area contributed by atoms with E-state index in [-0.39, 0.29) is 24.1 Å². The average molecular weight is 291 g/mol. The molecule has 1 fully saturated rings. The predicted molar refractivity (Wildman–Crippen MR) is 76.5 cm³/mol. The van der Waals surface area contributed by atoms with Crippen molar-refractivity contribution in [1.29, 1.82) is 0 Å². The maximum atomic E-state index is 12.1. The first-order valence-electron chi connectivity index (χ1n) is 6.60. The van der Waals surface area contributed by atoms with Gasteiger partial charge in [-0.15, -0.1) is 0 Å². The minimum atomic E-state index is -0.330. The summed E-state index contributed by atoms with van der Waals surface area (Å²) < 4.78 is 4.95. The molecule has 0 radical (unpaired) electrons. The Labute approximate surface area is 122 Å². The first kappa shape index (κ1) is 13.2. The van der Waals surface area contributed by atoms with Gasteiger partial charge in [-0.3, -0.25) is 4.90 Å². The van der Waals surface area contributed by atoms with E-state index in [0.717, 1.165) is 18.4 Å². The lowest BCUT2D eigenvalue weighted by atomic mass is 9.90. The topological polar surface area (TPSA) is 42.4 Å². The fourth-order valence-corrected chi connectivity index (χ4v) is 3.22. The Morgan fingerprint density at radius 1 is 1.45 bits per heavy atom. The molecule has 104 valence electrons. The zero-order valence-electron chi connectivity index (χ0n) is 10.9. The molecule has 1 saturated heterocycles. The first-order chi connectivity index (χ1) is 9.70. The van der Waals surface area contributed by atoms with Crippen LogP contribution in [0, 0.1) is 0 Å². The highest BCUT2D eigenvalue weighted by Crippen LogP contribution is 2.40. The number of hydrogen-bond donors (Lipinski definition) is 0. The number of amides is 1. The van der Waals surface area contributed by atoms with E-state index in [4.69, 9.17) is 16.3 Å². The summed E-state index contributed by atoms with van der Waals surface area (Å²) in [6.45, 7) is 3.44. The van der Waals surface area contributed by atoms with Gasteiger partial charge in [0.05, 0.1) is 12.3 Å². The molecular weight excluding hydrogens is 276 g/mol. The quantitative estimate of drug-likeness (QED) is 0.475. The van der Waals surface area contributed by atoms with Crippen LogP contribution in [0.1, 0.15) is 24.3 Å². The van der Waals surface area contributed by atoms with E-state index in [0.29, 0.717) is 5.15 Å². The summed E-state index contributed by atoms with van der Waals surface area (Å²) in [7, 11) is 0. The summed E-state index contributed by atoms with van der Waals surface area (Å²) in [5.74, 6) is 0.135. The Morgan fingerprint density at radius 3 is 3.00 bits per heavy atom. The molecule has 3 rings (SSSR count). The summed E-state index contributed by atoms with van der Waals surface area (Å²) in [5.41, 5.74) is 1.06. The molecule has 0 aromatic carbocycles. The minimum absolute atomic E-state index is 0.112. The molecule has 2 aliphatic heterocycles. The first-order valence-corrected chi connectivity index (χ1v) is 6.98. The van der Waals surface area contributed by atoms with Crippen LogP contribution in [0.4, 0.5) is 4.79 Å². The molecule has 0 spiro atoms. The molecule has 1 amide bonds. The summed E-state index contributed by atoms with van der Waals surface area (Å²) in [6.07, 6.45) is 8.77. The third-order valence-corrected chi connectivity index (χ3v) is 4.18. The van der Waals surface area contributed by atoms with Crippen LogP contribution in [0.2, 0.25) is 5.15 Å². The maximum absolute atomic E-state index is 12.1. The van der Waals surface area contributed by atoms with E-state index >= 15 is 0 Å². The van der Waals surface area contributed by atoms with Gasteiger partial charge in [-0.2, -0.15) is 0 Å². The molecule has 1 aromatic rings. The molecule has 20 heavy (non-hydrogen) atoms. The van der Waals surface area contributed by atoms with E-state index in [1.54, 1.807) is 17.2 Å². The third-order valence-electron chi connectivity index (χ3n) is 3.96. The number of nitrogens with zero attached hydrogens (tertiary/aromatic N) is 2. The Balaban J connectivity index is 1.89. The molecule has 0 saturated carbocycles. The van der Waals surface area contributed by atoms with Gasteiger partial charge in [-0.1, -0.05) is 36.4 Å². The van der Waals surface area contributed by atoms with E-state index in [2.05, 4.69) is 23.7 Å². The van der Waals surface area contributed by atoms with Gasteiger partial charge in [0.15, 0.2) is 0 Å². The van der Waals surface area contributed by atoms with Gasteiger partial charge < -0.3 is 4.74 Å². The normalized spacial score (nSPS) is 27.4. The van der Waals surface area contributed by atoms with E-state index < -0.39 is 0 Å². The molecule has 2 aliphatic rings. The van der Waals surface area contributed by atoms with Crippen molar-refractivity contribution < 1.29 is 9.53 Å². The van der Waals surface area contributed by atoms with Gasteiger partial charge in [-0.25, -0.2) is 9.78 Å². The summed E-state index contributed by atoms with van der Waals surface area (Å²) in [4.78, 5) is 18.0. The zero-order valence-corrected chi connectivity index (χ0v) is 11.7. The Morgan fingerprint density at radius 2 is 2.30 bits per heavy atom. The smallest absolute Gasteiger partial charge is 0.415 e. The van der Waals surface area contributed by atoms with Crippen LogP contribution in [0.15, 0.2) is 43.3 Å². The van der Waals surface area contributed by atoms with Gasteiger partial charge in [0.25, 0.3) is 0 Å². The van der Waals surface area contributed by atoms with Gasteiger partial charge >= 0.3 is 6.09 Å². The molecule has 1 aromatic heterocycles. The molecule has 0 aliphatic carbocycles. The van der Waals surface area contributed by atoms with Crippen LogP contribution in [0.25, 0.3) is 0 Å². The summed E-state index contributed by atoms with van der Waals surface area (Å²) in [6, 6.07) is 3.97. The van der Waals surface area contributed by atoms with Crippen molar-refractivity contribution in [2.75, 3.05) is 0 Å². The van der Waals surface area contributed by atoms with Crippen molar-refractivity contribution in [2.24, 2.45) is 0 Å². The molecule has 3 atom stereocenters. The van der Waals surface area contributed by atoms with Crippen LogP contribution in [0.3, 0.4) is 0 Å². The predicted octanol–water partition coefficient (Wildman–Crippen LogP) is 3.50. The number of aromatic nitrogens is 1. The number of pyridine rings is 1. The molecule has 4 nitrogen and oxygen atoms in total. The van der Waals surface area contributed by atoms with Crippen LogP contribution < -0.4 is 0 Å². The van der Waals surface area contributed by atoms with E-state index in [1.165, 1.54) is 6.26 Å². The Bertz CT molecular complexity index is 555. The largest absolute Gasteiger partial charge is 0.419 e. The third kappa shape index (κ3) is 2.20. The van der Waals surface area contributed by atoms with Crippen molar-refractivity contribution in [3.8, 4) is 0 Å². The lowest BCUT2D eigenvalue weighted by Gasteiger charge is -2.35. The highest BCUT2D eigenvalue weighted by molar-refractivity contribution is 6.29. The monoisotopic (exact) mass is 290 g/mol. The van der Waals surface area contributed by atoms with Crippen molar-refractivity contribution in [2.45, 2.75) is 30.8 Å². The van der Waals surface area contributed by atoms with Crippen molar-refractivity contribution in [3.05, 3.63) is 54.0 Å². The standard InChI is InChI=1S/C15H15ClN2O2/c1-2-20-15(19)18-11-4-6-12(13(18)7-5-11)10-3-8-14(16)17-9-10/h2-4,6,8-9,11-13H,1,5,7H2. The fourth-order valence-electron chi connectivity index (χ4n) is 3.10. The second-order valence-electron chi connectivity index (χ2n) is 4.99. The molecule has 3 unspecified atom stereocenters. The number of fused-ring (bicyclic) bond motifs is 2. The van der Waals surface area contributed by atoms with Gasteiger partial charge in [0.2, 0.25) is 0 Å². The van der Waals surface area contributed by atoms with Crippen LogP contribution in [0.5, 0.6) is 0 Å². The molecule has 0 N–H and O–H groups in total. The number of hydrogen-bond acceptors (Lipinski definition) is 3. The van der Waals surface area contributed by atoms with E-state index in [1.807, 2.05) is 6.07 Å². The summed E-state index contributed by atoms with van der Waals surface area (Å²) in [5, 5.41) is 0.473. The van der Waals surface area contributed by atoms with Crippen molar-refractivity contribution in [1.82, 2.24) is 9.88 Å². The molecular formula is C15H15ClN2O2. The fraction of sp³-hybridized carbons (Fsp3) is 0.333. The van der Waals surface area contributed by atoms with Crippen molar-refractivity contribution in [3.63, 3.8) is 0 Å². The minimum Gasteiger partial charge on any atom is -0.419 e. The highest BCUT2D eigenvalue weighted by atomic mass is 35.5. The van der Waals surface area contributed by atoms with Gasteiger partial charge in [-0.05, 0) is 24.5 Å². The SMILES string of the molecule is C=COC(=O)N1C2C=CC(c3ccc(Cl)nc3)C1CC2. The average Bonchev–Trinajstić information content (AvgIpc) is 2.75. The second-order valence-corrected chi connectivity index (χ2v) is 5.38. The maximum Gasteiger partial charge on any atom is 0.415 e. The zero-order chi connectivity index (χ0) is 14.1. The van der Waals surface area contributed by atoms with Gasteiger partial charge in [0, 0.05) is 18.2 Å². The lowest BCUT2D eigenvalue weighted by Crippen LogP contribution is -2.45. The highest BCUT2D eigenvalue weighted by Gasteiger charge is 2.43. The Hall–Kier alpha value is -1.81. The van der Waals surface area contributed by atoms with Crippen molar-refractivity contribution >= 4 is 17.7 Å². The second kappa shape index (κ2) is 5.29. The molecule has 2 bridgehead atoms.